The molecule has 0 unspecified atom stereocenters. The van der Waals surface area contributed by atoms with Crippen LogP contribution in [0.3, 0.4) is 0 Å². The van der Waals surface area contributed by atoms with E-state index in [1.807, 2.05) is 6.07 Å². The first-order valence-electron chi connectivity index (χ1n) is 10.6. The van der Waals surface area contributed by atoms with Gasteiger partial charge in [0.1, 0.15) is 5.82 Å². The molecule has 0 saturated heterocycles. The molecule has 2 N–H and O–H groups in total. The van der Waals surface area contributed by atoms with Crippen LogP contribution in [0.2, 0.25) is 0 Å². The Balaban J connectivity index is 1.46. The Morgan fingerprint density at radius 1 is 0.931 bits per heavy atom. The molecule has 4 nitrogen and oxygen atoms in total. The molecule has 0 aromatic heterocycles. The number of benzene rings is 2. The summed E-state index contributed by atoms with van der Waals surface area (Å²) in [5.74, 6) is -0.496. The Hall–Kier alpha value is -2.69. The number of nitrogens with one attached hydrogen (secondary N) is 2. The molecular formula is C24H27FN2O2. The number of rotatable bonds is 5. The maximum atomic E-state index is 13.8. The Bertz CT molecular complexity index is 882. The number of anilines is 1. The lowest BCUT2D eigenvalue weighted by Crippen LogP contribution is -2.38. The Labute approximate surface area is 170 Å². The van der Waals surface area contributed by atoms with Crippen molar-refractivity contribution in [1.82, 2.24) is 5.32 Å². The number of hydrogen-bond donors (Lipinski definition) is 2. The van der Waals surface area contributed by atoms with E-state index in [9.17, 15) is 14.0 Å². The van der Waals surface area contributed by atoms with Crippen LogP contribution in [0.25, 0.3) is 0 Å². The van der Waals surface area contributed by atoms with Crippen LogP contribution in [0.5, 0.6) is 0 Å². The first-order valence-corrected chi connectivity index (χ1v) is 10.6. The normalized spacial score (nSPS) is 18.5. The van der Waals surface area contributed by atoms with Gasteiger partial charge in [-0.15, -0.1) is 0 Å². The molecule has 2 amide bonds. The van der Waals surface area contributed by atoms with Crippen molar-refractivity contribution in [2.75, 3.05) is 5.32 Å². The third kappa shape index (κ3) is 4.19. The molecule has 2 aromatic carbocycles. The highest BCUT2D eigenvalue weighted by Gasteiger charge is 2.42. The predicted molar refractivity (Wildman–Crippen MR) is 111 cm³/mol. The highest BCUT2D eigenvalue weighted by Crippen LogP contribution is 2.42. The van der Waals surface area contributed by atoms with E-state index in [0.29, 0.717) is 24.1 Å². The lowest BCUT2D eigenvalue weighted by molar-refractivity contribution is -0.121. The summed E-state index contributed by atoms with van der Waals surface area (Å²) in [7, 11) is 0. The minimum absolute atomic E-state index is 0.0678. The molecule has 0 bridgehead atoms. The fourth-order valence-corrected chi connectivity index (χ4v) is 4.71. The molecular weight excluding hydrogens is 367 g/mol. The summed E-state index contributed by atoms with van der Waals surface area (Å²) in [5.41, 5.74) is 1.28. The quantitative estimate of drug-likeness (QED) is 0.754. The van der Waals surface area contributed by atoms with Crippen molar-refractivity contribution in [2.45, 2.75) is 62.8 Å². The van der Waals surface area contributed by atoms with Crippen molar-refractivity contribution in [3.05, 3.63) is 65.5 Å². The molecule has 2 aliphatic rings. The minimum Gasteiger partial charge on any atom is -0.349 e. The van der Waals surface area contributed by atoms with Crippen LogP contribution in [0, 0.1) is 5.82 Å². The predicted octanol–water partition coefficient (Wildman–Crippen LogP) is 4.95. The highest BCUT2D eigenvalue weighted by atomic mass is 19.1. The fourth-order valence-electron chi connectivity index (χ4n) is 4.71. The largest absolute Gasteiger partial charge is 0.349 e. The second-order valence-corrected chi connectivity index (χ2v) is 8.29. The molecule has 2 aromatic rings. The van der Waals surface area contributed by atoms with Gasteiger partial charge in [0.25, 0.3) is 5.91 Å². The summed E-state index contributed by atoms with van der Waals surface area (Å²) < 4.78 is 13.8. The summed E-state index contributed by atoms with van der Waals surface area (Å²) in [4.78, 5) is 25.6. The van der Waals surface area contributed by atoms with Gasteiger partial charge in [-0.2, -0.15) is 0 Å². The van der Waals surface area contributed by atoms with Gasteiger partial charge >= 0.3 is 0 Å². The Morgan fingerprint density at radius 3 is 2.28 bits per heavy atom. The number of carbonyl (C=O) groups is 2. The topological polar surface area (TPSA) is 58.2 Å². The molecule has 2 saturated carbocycles. The van der Waals surface area contributed by atoms with Gasteiger partial charge in [-0.25, -0.2) is 4.39 Å². The maximum absolute atomic E-state index is 13.8. The van der Waals surface area contributed by atoms with Crippen molar-refractivity contribution in [1.29, 1.82) is 0 Å². The number of halogens is 1. The van der Waals surface area contributed by atoms with Gasteiger partial charge in [0.05, 0.1) is 5.41 Å². The molecule has 0 atom stereocenters. The van der Waals surface area contributed by atoms with E-state index in [4.69, 9.17) is 0 Å². The molecule has 0 radical (unpaired) electrons. The molecule has 0 heterocycles. The monoisotopic (exact) mass is 394 g/mol. The molecule has 29 heavy (non-hydrogen) atoms. The van der Waals surface area contributed by atoms with Crippen LogP contribution in [0.1, 0.15) is 67.3 Å². The molecule has 2 fully saturated rings. The minimum atomic E-state index is -0.694. The van der Waals surface area contributed by atoms with E-state index in [0.717, 1.165) is 31.2 Å². The Kier molecular flexibility index (Phi) is 5.65. The number of hydrogen-bond acceptors (Lipinski definition) is 2. The zero-order valence-electron chi connectivity index (χ0n) is 16.5. The lowest BCUT2D eigenvalue weighted by Gasteiger charge is -2.28. The second-order valence-electron chi connectivity index (χ2n) is 8.29. The van der Waals surface area contributed by atoms with Crippen LogP contribution in [-0.2, 0) is 10.2 Å². The van der Waals surface area contributed by atoms with Gasteiger partial charge in [-0.1, -0.05) is 37.8 Å². The summed E-state index contributed by atoms with van der Waals surface area (Å²) in [5, 5.41) is 6.06. The van der Waals surface area contributed by atoms with E-state index >= 15 is 0 Å². The number of carbonyl (C=O) groups excluding carboxylic acids is 2. The summed E-state index contributed by atoms with van der Waals surface area (Å²) >= 11 is 0. The van der Waals surface area contributed by atoms with Gasteiger partial charge < -0.3 is 10.6 Å². The van der Waals surface area contributed by atoms with Crippen molar-refractivity contribution in [2.24, 2.45) is 0 Å². The highest BCUT2D eigenvalue weighted by molar-refractivity contribution is 6.00. The molecule has 4 rings (SSSR count). The van der Waals surface area contributed by atoms with Crippen molar-refractivity contribution in [3.63, 3.8) is 0 Å². The van der Waals surface area contributed by atoms with E-state index in [1.54, 1.807) is 30.3 Å². The third-order valence-electron chi connectivity index (χ3n) is 6.36. The third-order valence-corrected chi connectivity index (χ3v) is 6.36. The van der Waals surface area contributed by atoms with Crippen LogP contribution >= 0.6 is 0 Å². The van der Waals surface area contributed by atoms with Crippen LogP contribution in [0.15, 0.2) is 48.5 Å². The van der Waals surface area contributed by atoms with Gasteiger partial charge in [0, 0.05) is 17.3 Å². The van der Waals surface area contributed by atoms with Crippen molar-refractivity contribution in [3.8, 4) is 0 Å². The van der Waals surface area contributed by atoms with E-state index in [1.165, 1.54) is 25.0 Å². The van der Waals surface area contributed by atoms with E-state index < -0.39 is 5.41 Å². The molecule has 152 valence electrons. The first-order chi connectivity index (χ1) is 14.1. The lowest BCUT2D eigenvalue weighted by atomic mass is 9.78. The second kappa shape index (κ2) is 8.36. The van der Waals surface area contributed by atoms with Gasteiger partial charge in [0.2, 0.25) is 5.91 Å². The average molecular weight is 394 g/mol. The maximum Gasteiger partial charge on any atom is 0.251 e. The summed E-state index contributed by atoms with van der Waals surface area (Å²) in [6.45, 7) is 0. The fraction of sp³-hybridized carbons (Fsp3) is 0.417. The number of amides is 2. The van der Waals surface area contributed by atoms with Crippen molar-refractivity contribution < 1.29 is 14.0 Å². The van der Waals surface area contributed by atoms with Gasteiger partial charge in [-0.05, 0) is 67.6 Å². The smallest absolute Gasteiger partial charge is 0.251 e. The zero-order chi connectivity index (χ0) is 20.3. The first kappa shape index (κ1) is 19.6. The van der Waals surface area contributed by atoms with Gasteiger partial charge in [0.15, 0.2) is 0 Å². The van der Waals surface area contributed by atoms with Gasteiger partial charge in [-0.3, -0.25) is 9.59 Å². The average Bonchev–Trinajstić information content (AvgIpc) is 3.41. The SMILES string of the molecule is O=C(NC1CCCC1)c1ccc(NC(=O)C2(c3cccc(F)c3)CCCC2)cc1. The molecule has 0 aliphatic heterocycles. The molecule has 5 heteroatoms. The summed E-state index contributed by atoms with van der Waals surface area (Å²) in [6, 6.07) is 13.6. The van der Waals surface area contributed by atoms with Crippen LogP contribution < -0.4 is 10.6 Å². The van der Waals surface area contributed by atoms with Crippen LogP contribution in [0.4, 0.5) is 10.1 Å². The summed E-state index contributed by atoms with van der Waals surface area (Å²) in [6.07, 6.45) is 7.75. The van der Waals surface area contributed by atoms with Crippen LogP contribution in [-0.4, -0.2) is 17.9 Å². The Morgan fingerprint density at radius 2 is 1.62 bits per heavy atom. The standard InChI is InChI=1S/C24H27FN2O2/c25-19-7-5-6-18(16-19)24(14-3-4-15-24)23(29)27-21-12-10-17(11-13-21)22(28)26-20-8-1-2-9-20/h5-7,10-13,16,20H,1-4,8-9,14-15H2,(H,26,28)(H,27,29). The molecule has 2 aliphatic carbocycles. The van der Waals surface area contributed by atoms with Crippen molar-refractivity contribution >= 4 is 17.5 Å². The zero-order valence-corrected chi connectivity index (χ0v) is 16.5. The van der Waals surface area contributed by atoms with E-state index in [-0.39, 0.29) is 23.7 Å². The van der Waals surface area contributed by atoms with E-state index in [2.05, 4.69) is 10.6 Å². The molecule has 0 spiro atoms.